The number of nitrogens with zero attached hydrogens (tertiary/aromatic N) is 4. The van der Waals surface area contributed by atoms with Crippen LogP contribution in [0.5, 0.6) is 0 Å². The summed E-state index contributed by atoms with van der Waals surface area (Å²) in [5, 5.41) is 36.4. The number of ether oxygens (including phenoxy) is 1. The Morgan fingerprint density at radius 2 is 2.18 bits per heavy atom. The standard InChI is InChI=1S/C12H10N6O4/c1-22-12(19)16-15-6-7-2-3-8-9(4-7)18(21)11(14)10(5-13)17(8)20/h2-4,6H,14H2,1H3,(H,16,19)/b15-6+. The Balaban J connectivity index is 2.50. The smallest absolute Gasteiger partial charge is 0.427 e. The highest BCUT2D eigenvalue weighted by molar-refractivity contribution is 5.85. The number of nitrogens with one attached hydrogen (secondary N) is 1. The predicted octanol–water partition coefficient (Wildman–Crippen LogP) is -0.750. The highest BCUT2D eigenvalue weighted by atomic mass is 16.5. The molecule has 0 radical (unpaired) electrons. The van der Waals surface area contributed by atoms with Crippen molar-refractivity contribution in [3.8, 4) is 6.07 Å². The van der Waals surface area contributed by atoms with Gasteiger partial charge in [-0.25, -0.2) is 15.0 Å². The number of methoxy groups -OCH3 is 1. The Morgan fingerprint density at radius 3 is 2.82 bits per heavy atom. The minimum atomic E-state index is -0.753. The Hall–Kier alpha value is -3.61. The highest BCUT2D eigenvalue weighted by Crippen LogP contribution is 2.11. The van der Waals surface area contributed by atoms with Crippen molar-refractivity contribution < 1.29 is 19.0 Å². The quantitative estimate of drug-likeness (QED) is 0.322. The van der Waals surface area contributed by atoms with Gasteiger partial charge in [0.05, 0.1) is 13.3 Å². The van der Waals surface area contributed by atoms with Gasteiger partial charge in [0.1, 0.15) is 0 Å². The monoisotopic (exact) mass is 302 g/mol. The van der Waals surface area contributed by atoms with Gasteiger partial charge in [-0.05, 0) is 11.6 Å². The number of nitrogen functional groups attached to an aromatic ring is 1. The van der Waals surface area contributed by atoms with Crippen molar-refractivity contribution in [1.29, 1.82) is 5.26 Å². The molecule has 2 aromatic rings. The summed E-state index contributed by atoms with van der Waals surface area (Å²) in [6.45, 7) is 0. The number of hydrogen-bond acceptors (Lipinski definition) is 7. The lowest BCUT2D eigenvalue weighted by molar-refractivity contribution is -0.620. The van der Waals surface area contributed by atoms with Crippen molar-refractivity contribution in [3.05, 3.63) is 39.9 Å². The number of nitrogens with two attached hydrogens (primary N) is 1. The second-order valence-corrected chi connectivity index (χ2v) is 4.04. The molecule has 3 N–H and O–H groups in total. The number of amides is 1. The van der Waals surface area contributed by atoms with Crippen molar-refractivity contribution in [1.82, 2.24) is 5.43 Å². The summed E-state index contributed by atoms with van der Waals surface area (Å²) in [6.07, 6.45) is 0.496. The third kappa shape index (κ3) is 2.50. The summed E-state index contributed by atoms with van der Waals surface area (Å²) in [5.41, 5.74) is 7.45. The van der Waals surface area contributed by atoms with Gasteiger partial charge in [-0.1, -0.05) is 0 Å². The molecule has 0 bridgehead atoms. The Bertz CT molecular complexity index is 827. The SMILES string of the molecule is COC(=O)N/N=C/c1ccc2c(c1)[n+]([O-])c(N)c(C#N)[n+]2[O-]. The van der Waals surface area contributed by atoms with Crippen LogP contribution in [0.3, 0.4) is 0 Å². The maximum Gasteiger partial charge on any atom is 0.427 e. The molecule has 10 nitrogen and oxygen atoms in total. The first-order valence-corrected chi connectivity index (χ1v) is 5.85. The highest BCUT2D eigenvalue weighted by Gasteiger charge is 2.23. The lowest BCUT2D eigenvalue weighted by atomic mass is 10.2. The van der Waals surface area contributed by atoms with Crippen molar-refractivity contribution in [3.63, 3.8) is 0 Å². The number of anilines is 1. The molecule has 1 aromatic heterocycles. The normalized spacial score (nSPS) is 10.5. The van der Waals surface area contributed by atoms with E-state index in [1.165, 1.54) is 31.5 Å². The van der Waals surface area contributed by atoms with E-state index in [-0.39, 0.29) is 20.5 Å². The number of benzene rings is 1. The van der Waals surface area contributed by atoms with E-state index < -0.39 is 17.6 Å². The molecule has 1 amide bonds. The van der Waals surface area contributed by atoms with Gasteiger partial charge >= 0.3 is 17.6 Å². The summed E-state index contributed by atoms with van der Waals surface area (Å²) in [4.78, 5) is 10.8. The van der Waals surface area contributed by atoms with Crippen LogP contribution in [-0.2, 0) is 4.74 Å². The second kappa shape index (κ2) is 5.80. The van der Waals surface area contributed by atoms with Gasteiger partial charge < -0.3 is 15.2 Å². The van der Waals surface area contributed by atoms with Gasteiger partial charge in [-0.2, -0.15) is 10.4 Å². The van der Waals surface area contributed by atoms with Crippen LogP contribution >= 0.6 is 0 Å². The lowest BCUT2D eigenvalue weighted by Gasteiger charge is -2.10. The van der Waals surface area contributed by atoms with Crippen LogP contribution in [0.1, 0.15) is 11.3 Å². The van der Waals surface area contributed by atoms with Crippen molar-refractivity contribution in [2.75, 3.05) is 12.8 Å². The number of aromatic nitrogens is 2. The van der Waals surface area contributed by atoms with Crippen LogP contribution in [0.15, 0.2) is 23.3 Å². The molecule has 22 heavy (non-hydrogen) atoms. The zero-order valence-corrected chi connectivity index (χ0v) is 11.3. The average molecular weight is 302 g/mol. The molecule has 0 unspecified atom stereocenters. The largest absolute Gasteiger partial charge is 0.710 e. The molecule has 0 aliphatic heterocycles. The van der Waals surface area contributed by atoms with E-state index in [1.54, 1.807) is 6.07 Å². The van der Waals surface area contributed by atoms with Crippen molar-refractivity contribution in [2.24, 2.45) is 5.10 Å². The lowest BCUT2D eigenvalue weighted by Crippen LogP contribution is -2.43. The van der Waals surface area contributed by atoms with E-state index in [0.717, 1.165) is 0 Å². The van der Waals surface area contributed by atoms with Crippen LogP contribution in [0, 0.1) is 21.7 Å². The number of carbonyl (C=O) groups excluding carboxylic acids is 1. The molecule has 0 fully saturated rings. The molecular weight excluding hydrogens is 292 g/mol. The van der Waals surface area contributed by atoms with E-state index in [9.17, 15) is 15.2 Å². The molecule has 0 spiro atoms. The molecule has 2 rings (SSSR count). The predicted molar refractivity (Wildman–Crippen MR) is 74.1 cm³/mol. The fourth-order valence-corrected chi connectivity index (χ4v) is 1.71. The number of rotatable bonds is 2. The Labute approximate surface area is 123 Å². The zero-order chi connectivity index (χ0) is 16.3. The summed E-state index contributed by atoms with van der Waals surface area (Å²) in [6, 6.07) is 5.75. The molecule has 0 aliphatic rings. The molecule has 112 valence electrons. The van der Waals surface area contributed by atoms with Gasteiger partial charge in [0.2, 0.25) is 5.52 Å². The maximum atomic E-state index is 12.0. The van der Waals surface area contributed by atoms with Crippen molar-refractivity contribution >= 4 is 29.2 Å². The number of nitriles is 1. The molecule has 0 saturated carbocycles. The van der Waals surface area contributed by atoms with Crippen LogP contribution in [0.25, 0.3) is 11.0 Å². The molecule has 1 heterocycles. The van der Waals surface area contributed by atoms with Crippen LogP contribution < -0.4 is 20.6 Å². The zero-order valence-electron chi connectivity index (χ0n) is 11.3. The van der Waals surface area contributed by atoms with E-state index in [0.29, 0.717) is 5.56 Å². The third-order valence-corrected chi connectivity index (χ3v) is 2.76. The van der Waals surface area contributed by atoms with Gasteiger partial charge in [-0.15, -0.1) is 4.73 Å². The minimum Gasteiger partial charge on any atom is -0.710 e. The van der Waals surface area contributed by atoms with Crippen LogP contribution in [-0.4, -0.2) is 19.4 Å². The van der Waals surface area contributed by atoms with E-state index in [1.807, 2.05) is 0 Å². The number of carbonyl (C=O) groups is 1. The van der Waals surface area contributed by atoms with Gasteiger partial charge in [0.25, 0.3) is 5.52 Å². The fraction of sp³-hybridized carbons (Fsp3) is 0.0833. The third-order valence-electron chi connectivity index (χ3n) is 2.76. The number of fused-ring (bicyclic) bond motifs is 1. The number of hydrogen-bond donors (Lipinski definition) is 2. The molecule has 0 saturated heterocycles. The van der Waals surface area contributed by atoms with Crippen molar-refractivity contribution in [2.45, 2.75) is 0 Å². The Kier molecular flexibility index (Phi) is 3.90. The number of hydrazone groups is 1. The summed E-state index contributed by atoms with van der Waals surface area (Å²) in [7, 11) is 1.18. The topological polar surface area (TPSA) is 154 Å². The molecule has 0 aliphatic carbocycles. The molecule has 0 atom stereocenters. The summed E-state index contributed by atoms with van der Waals surface area (Å²) in [5.74, 6) is -0.494. The van der Waals surface area contributed by atoms with E-state index >= 15 is 0 Å². The summed E-state index contributed by atoms with van der Waals surface area (Å²) < 4.78 is 4.89. The van der Waals surface area contributed by atoms with Gasteiger partial charge in [-0.3, -0.25) is 5.73 Å². The summed E-state index contributed by atoms with van der Waals surface area (Å²) >= 11 is 0. The first-order valence-electron chi connectivity index (χ1n) is 5.85. The first-order chi connectivity index (χ1) is 10.5. The van der Waals surface area contributed by atoms with Gasteiger partial charge in [0, 0.05) is 12.1 Å². The van der Waals surface area contributed by atoms with Crippen LogP contribution in [0.2, 0.25) is 0 Å². The average Bonchev–Trinajstić information content (AvgIpc) is 2.53. The second-order valence-electron chi connectivity index (χ2n) is 4.04. The molecule has 1 aromatic carbocycles. The molecular formula is C12H10N6O4. The van der Waals surface area contributed by atoms with Crippen LogP contribution in [0.4, 0.5) is 10.6 Å². The van der Waals surface area contributed by atoms with E-state index in [4.69, 9.17) is 11.0 Å². The minimum absolute atomic E-state index is 0.0150. The maximum absolute atomic E-state index is 12.0. The van der Waals surface area contributed by atoms with Gasteiger partial charge in [0.15, 0.2) is 6.07 Å². The fourth-order valence-electron chi connectivity index (χ4n) is 1.71. The molecule has 10 heteroatoms. The van der Waals surface area contributed by atoms with E-state index in [2.05, 4.69) is 15.3 Å². The Morgan fingerprint density at radius 1 is 1.45 bits per heavy atom. The first kappa shape index (κ1) is 14.8.